The average molecular weight is 293 g/mol. The van der Waals surface area contributed by atoms with Gasteiger partial charge in [0.05, 0.1) is 18.9 Å². The van der Waals surface area contributed by atoms with Gasteiger partial charge in [-0.15, -0.1) is 0 Å². The van der Waals surface area contributed by atoms with Gasteiger partial charge < -0.3 is 15.2 Å². The number of hydrogen-bond acceptors (Lipinski definition) is 5. The number of hydrogen-bond donors (Lipinski definition) is 1. The summed E-state index contributed by atoms with van der Waals surface area (Å²) in [6.45, 7) is 5.55. The highest BCUT2D eigenvalue weighted by Gasteiger charge is 2.42. The van der Waals surface area contributed by atoms with Crippen molar-refractivity contribution in [2.75, 3.05) is 13.2 Å². The Hall–Kier alpha value is -1.24. The standard InChI is InChI=1S/C15H23N3O3/c1-10-13(9-16)11(2)18(17-10)14(19)12-3-5-15(6-4-12)20-7-8-21-15/h12H,3-9,16H2,1-2H3. The van der Waals surface area contributed by atoms with Gasteiger partial charge in [-0.2, -0.15) is 5.10 Å². The quantitative estimate of drug-likeness (QED) is 0.894. The molecule has 0 bridgehead atoms. The summed E-state index contributed by atoms with van der Waals surface area (Å²) in [7, 11) is 0. The van der Waals surface area contributed by atoms with Crippen LogP contribution in [0.1, 0.15) is 47.4 Å². The molecule has 0 aromatic carbocycles. The van der Waals surface area contributed by atoms with E-state index in [0.717, 1.165) is 42.6 Å². The van der Waals surface area contributed by atoms with Crippen LogP contribution in [-0.2, 0) is 16.0 Å². The van der Waals surface area contributed by atoms with Crippen molar-refractivity contribution in [1.82, 2.24) is 9.78 Å². The minimum atomic E-state index is -0.422. The Bertz CT molecular complexity index is 537. The maximum Gasteiger partial charge on any atom is 0.250 e. The van der Waals surface area contributed by atoms with Crippen molar-refractivity contribution >= 4 is 5.91 Å². The predicted molar refractivity (Wildman–Crippen MR) is 76.8 cm³/mol. The first kappa shape index (κ1) is 14.7. The number of nitrogens with two attached hydrogens (primary N) is 1. The van der Waals surface area contributed by atoms with Gasteiger partial charge in [0.15, 0.2) is 5.79 Å². The molecule has 1 spiro atoms. The molecule has 0 radical (unpaired) electrons. The fourth-order valence-electron chi connectivity index (χ4n) is 3.45. The summed E-state index contributed by atoms with van der Waals surface area (Å²) in [6, 6.07) is 0. The van der Waals surface area contributed by atoms with Gasteiger partial charge in [0.2, 0.25) is 5.91 Å². The smallest absolute Gasteiger partial charge is 0.250 e. The van der Waals surface area contributed by atoms with Gasteiger partial charge in [0.25, 0.3) is 0 Å². The van der Waals surface area contributed by atoms with Crippen molar-refractivity contribution in [1.29, 1.82) is 0 Å². The van der Waals surface area contributed by atoms with E-state index in [1.54, 1.807) is 0 Å². The molecule has 0 atom stereocenters. The first-order valence-corrected chi connectivity index (χ1v) is 7.63. The highest BCUT2D eigenvalue weighted by atomic mass is 16.7. The fourth-order valence-corrected chi connectivity index (χ4v) is 3.45. The third-order valence-corrected chi connectivity index (χ3v) is 4.76. The largest absolute Gasteiger partial charge is 0.348 e. The molecule has 6 heteroatoms. The van der Waals surface area contributed by atoms with Gasteiger partial charge in [0.1, 0.15) is 0 Å². The zero-order valence-electron chi connectivity index (χ0n) is 12.7. The van der Waals surface area contributed by atoms with Crippen molar-refractivity contribution in [3.8, 4) is 0 Å². The number of rotatable bonds is 2. The number of carbonyl (C=O) groups is 1. The van der Waals surface area contributed by atoms with Gasteiger partial charge in [-0.05, 0) is 26.7 Å². The van der Waals surface area contributed by atoms with Crippen LogP contribution < -0.4 is 5.73 Å². The molecular weight excluding hydrogens is 270 g/mol. The Morgan fingerprint density at radius 2 is 1.95 bits per heavy atom. The van der Waals surface area contributed by atoms with Crippen LogP contribution in [0, 0.1) is 19.8 Å². The normalized spacial score (nSPS) is 22.0. The molecule has 3 rings (SSSR count). The van der Waals surface area contributed by atoms with E-state index in [0.29, 0.717) is 19.8 Å². The van der Waals surface area contributed by atoms with Gasteiger partial charge in [-0.25, -0.2) is 4.68 Å². The molecule has 1 saturated heterocycles. The molecule has 1 aromatic heterocycles. The lowest BCUT2D eigenvalue weighted by Gasteiger charge is -2.34. The molecule has 21 heavy (non-hydrogen) atoms. The molecule has 6 nitrogen and oxygen atoms in total. The summed E-state index contributed by atoms with van der Waals surface area (Å²) in [6.07, 6.45) is 3.14. The number of aromatic nitrogens is 2. The van der Waals surface area contributed by atoms with Crippen molar-refractivity contribution < 1.29 is 14.3 Å². The predicted octanol–water partition coefficient (Wildman–Crippen LogP) is 1.53. The van der Waals surface area contributed by atoms with Gasteiger partial charge in [-0.3, -0.25) is 4.79 Å². The molecule has 0 amide bonds. The Morgan fingerprint density at radius 3 is 2.48 bits per heavy atom. The minimum Gasteiger partial charge on any atom is -0.348 e. The highest BCUT2D eigenvalue weighted by molar-refractivity contribution is 5.81. The Morgan fingerprint density at radius 1 is 1.33 bits per heavy atom. The van der Waals surface area contributed by atoms with Crippen LogP contribution in [0.3, 0.4) is 0 Å². The van der Waals surface area contributed by atoms with E-state index in [-0.39, 0.29) is 11.8 Å². The maximum absolute atomic E-state index is 12.7. The minimum absolute atomic E-state index is 0.00736. The lowest BCUT2D eigenvalue weighted by molar-refractivity contribution is -0.180. The SMILES string of the molecule is Cc1nn(C(=O)C2CCC3(CC2)OCCO3)c(C)c1CN. The van der Waals surface area contributed by atoms with E-state index in [2.05, 4.69) is 5.10 Å². The van der Waals surface area contributed by atoms with Crippen LogP contribution in [0.5, 0.6) is 0 Å². The maximum atomic E-state index is 12.7. The Kier molecular flexibility index (Phi) is 3.86. The van der Waals surface area contributed by atoms with Gasteiger partial charge in [-0.1, -0.05) is 0 Å². The second kappa shape index (κ2) is 5.51. The second-order valence-corrected chi connectivity index (χ2v) is 5.99. The molecule has 2 fully saturated rings. The van der Waals surface area contributed by atoms with E-state index in [9.17, 15) is 4.79 Å². The molecule has 1 aromatic rings. The molecule has 116 valence electrons. The molecule has 1 aliphatic heterocycles. The first-order chi connectivity index (χ1) is 10.1. The molecule has 1 aliphatic carbocycles. The van der Waals surface area contributed by atoms with Crippen LogP contribution in [-0.4, -0.2) is 34.7 Å². The van der Waals surface area contributed by atoms with Crippen LogP contribution >= 0.6 is 0 Å². The van der Waals surface area contributed by atoms with Gasteiger partial charge in [0, 0.05) is 36.6 Å². The second-order valence-electron chi connectivity index (χ2n) is 5.99. The van der Waals surface area contributed by atoms with Crippen LogP contribution in [0.4, 0.5) is 0 Å². The van der Waals surface area contributed by atoms with E-state index < -0.39 is 5.79 Å². The molecule has 2 aliphatic rings. The summed E-state index contributed by atoms with van der Waals surface area (Å²) in [5.74, 6) is -0.357. The zero-order valence-corrected chi connectivity index (χ0v) is 12.7. The number of ether oxygens (including phenoxy) is 2. The number of carbonyl (C=O) groups excluding carboxylic acids is 1. The van der Waals surface area contributed by atoms with Crippen molar-refractivity contribution in [3.05, 3.63) is 17.0 Å². The topological polar surface area (TPSA) is 79.4 Å². The fraction of sp³-hybridized carbons (Fsp3) is 0.733. The summed E-state index contributed by atoms with van der Waals surface area (Å²) in [5.41, 5.74) is 8.41. The monoisotopic (exact) mass is 293 g/mol. The van der Waals surface area contributed by atoms with Crippen LogP contribution in [0.25, 0.3) is 0 Å². The lowest BCUT2D eigenvalue weighted by Crippen LogP contribution is -2.38. The summed E-state index contributed by atoms with van der Waals surface area (Å²) < 4.78 is 13.0. The lowest BCUT2D eigenvalue weighted by atomic mass is 9.84. The number of nitrogens with zero attached hydrogens (tertiary/aromatic N) is 2. The zero-order chi connectivity index (χ0) is 15.0. The first-order valence-electron chi connectivity index (χ1n) is 7.63. The third kappa shape index (κ3) is 2.52. The van der Waals surface area contributed by atoms with E-state index in [1.807, 2.05) is 13.8 Å². The summed E-state index contributed by atoms with van der Waals surface area (Å²) in [4.78, 5) is 12.7. The van der Waals surface area contributed by atoms with Crippen molar-refractivity contribution in [3.63, 3.8) is 0 Å². The van der Waals surface area contributed by atoms with Crippen LogP contribution in [0.2, 0.25) is 0 Å². The molecule has 2 heterocycles. The third-order valence-electron chi connectivity index (χ3n) is 4.76. The van der Waals surface area contributed by atoms with Gasteiger partial charge >= 0.3 is 0 Å². The summed E-state index contributed by atoms with van der Waals surface area (Å²) >= 11 is 0. The summed E-state index contributed by atoms with van der Waals surface area (Å²) in [5, 5.41) is 4.37. The number of aryl methyl sites for hydroxylation is 1. The average Bonchev–Trinajstić information content (AvgIpc) is 3.04. The van der Waals surface area contributed by atoms with Crippen molar-refractivity contribution in [2.45, 2.75) is 51.9 Å². The van der Waals surface area contributed by atoms with Crippen molar-refractivity contribution in [2.24, 2.45) is 11.7 Å². The van der Waals surface area contributed by atoms with E-state index >= 15 is 0 Å². The highest BCUT2D eigenvalue weighted by Crippen LogP contribution is 2.38. The van der Waals surface area contributed by atoms with E-state index in [1.165, 1.54) is 4.68 Å². The Balaban J connectivity index is 1.72. The molecule has 0 unspecified atom stereocenters. The Labute approximate surface area is 124 Å². The molecular formula is C15H23N3O3. The molecule has 2 N–H and O–H groups in total. The van der Waals surface area contributed by atoms with Crippen LogP contribution in [0.15, 0.2) is 0 Å². The van der Waals surface area contributed by atoms with E-state index in [4.69, 9.17) is 15.2 Å². The molecule has 1 saturated carbocycles.